The molecule has 0 amide bonds. The van der Waals surface area contributed by atoms with Crippen molar-refractivity contribution in [1.29, 1.82) is 0 Å². The molecule has 0 aliphatic heterocycles. The van der Waals surface area contributed by atoms with E-state index in [4.69, 9.17) is 5.84 Å². The summed E-state index contributed by atoms with van der Waals surface area (Å²) in [4.78, 5) is 0. The molecule has 1 saturated carbocycles. The lowest BCUT2D eigenvalue weighted by Crippen LogP contribution is -2.49. The van der Waals surface area contributed by atoms with E-state index in [0.29, 0.717) is 11.5 Å². The summed E-state index contributed by atoms with van der Waals surface area (Å²) in [6, 6.07) is 2.59. The molecule has 1 aliphatic carbocycles. The first-order valence-corrected chi connectivity index (χ1v) is 8.48. The van der Waals surface area contributed by atoms with E-state index in [1.165, 1.54) is 43.5 Å². The van der Waals surface area contributed by atoms with Crippen molar-refractivity contribution in [1.82, 2.24) is 15.2 Å². The van der Waals surface area contributed by atoms with Gasteiger partial charge < -0.3 is 0 Å². The van der Waals surface area contributed by atoms with Gasteiger partial charge in [-0.05, 0) is 43.1 Å². The summed E-state index contributed by atoms with van der Waals surface area (Å²) in [5.41, 5.74) is 5.98. The second-order valence-electron chi connectivity index (χ2n) is 7.19. The maximum absolute atomic E-state index is 5.97. The van der Waals surface area contributed by atoms with Crippen molar-refractivity contribution in [3.8, 4) is 0 Å². The lowest BCUT2D eigenvalue weighted by molar-refractivity contribution is 0.153. The molecule has 1 aliphatic rings. The number of rotatable bonds is 7. The van der Waals surface area contributed by atoms with Crippen LogP contribution in [0, 0.1) is 11.3 Å². The molecule has 1 fully saturated rings. The van der Waals surface area contributed by atoms with Gasteiger partial charge in [-0.1, -0.05) is 33.6 Å². The van der Waals surface area contributed by atoms with Gasteiger partial charge in [-0.3, -0.25) is 16.0 Å². The predicted octanol–water partition coefficient (Wildman–Crippen LogP) is 2.96. The molecule has 1 unspecified atom stereocenters. The SMILES string of the molecule is CCc1cc(CC(NN)C2(CC(C)C)CCCC2)n(C)n1. The van der Waals surface area contributed by atoms with Crippen molar-refractivity contribution < 1.29 is 0 Å². The molecule has 120 valence electrons. The van der Waals surface area contributed by atoms with Gasteiger partial charge in [0.15, 0.2) is 0 Å². The van der Waals surface area contributed by atoms with E-state index in [-0.39, 0.29) is 0 Å². The van der Waals surface area contributed by atoms with Crippen molar-refractivity contribution in [2.75, 3.05) is 0 Å². The Hall–Kier alpha value is -0.870. The van der Waals surface area contributed by atoms with Crippen LogP contribution in [0.5, 0.6) is 0 Å². The van der Waals surface area contributed by atoms with E-state index in [9.17, 15) is 0 Å². The van der Waals surface area contributed by atoms with Crippen LogP contribution in [0.4, 0.5) is 0 Å². The molecular formula is C17H32N4. The van der Waals surface area contributed by atoms with Gasteiger partial charge >= 0.3 is 0 Å². The summed E-state index contributed by atoms with van der Waals surface area (Å²) >= 11 is 0. The lowest BCUT2D eigenvalue weighted by atomic mass is 9.71. The first kappa shape index (κ1) is 16.5. The monoisotopic (exact) mass is 292 g/mol. The van der Waals surface area contributed by atoms with Gasteiger partial charge in [0.1, 0.15) is 0 Å². The van der Waals surface area contributed by atoms with E-state index < -0.39 is 0 Å². The number of hydrogen-bond acceptors (Lipinski definition) is 3. The normalized spacial score (nSPS) is 19.3. The third kappa shape index (κ3) is 3.67. The molecule has 4 heteroatoms. The molecule has 0 aromatic carbocycles. The molecule has 2 rings (SSSR count). The zero-order valence-electron chi connectivity index (χ0n) is 14.2. The number of hydrogen-bond donors (Lipinski definition) is 2. The molecule has 3 N–H and O–H groups in total. The average Bonchev–Trinajstić information content (AvgIpc) is 3.03. The number of aromatic nitrogens is 2. The number of nitrogens with two attached hydrogens (primary N) is 1. The summed E-state index contributed by atoms with van der Waals surface area (Å²) in [7, 11) is 2.05. The largest absolute Gasteiger partial charge is 0.272 e. The number of aryl methyl sites for hydroxylation is 2. The van der Waals surface area contributed by atoms with Gasteiger partial charge in [-0.2, -0.15) is 5.10 Å². The third-order valence-corrected chi connectivity index (χ3v) is 5.16. The molecule has 21 heavy (non-hydrogen) atoms. The van der Waals surface area contributed by atoms with Gasteiger partial charge in [-0.25, -0.2) is 0 Å². The molecule has 1 heterocycles. The number of nitrogens with zero attached hydrogens (tertiary/aromatic N) is 2. The highest BCUT2D eigenvalue weighted by atomic mass is 15.3. The Morgan fingerprint density at radius 2 is 2.05 bits per heavy atom. The Kier molecular flexibility index (Phi) is 5.44. The minimum Gasteiger partial charge on any atom is -0.272 e. The predicted molar refractivity (Wildman–Crippen MR) is 87.8 cm³/mol. The van der Waals surface area contributed by atoms with E-state index in [1.807, 2.05) is 11.7 Å². The molecule has 0 spiro atoms. The molecule has 0 radical (unpaired) electrons. The van der Waals surface area contributed by atoms with Crippen LogP contribution in [0.15, 0.2) is 6.07 Å². The molecule has 1 atom stereocenters. The second-order valence-corrected chi connectivity index (χ2v) is 7.19. The quantitative estimate of drug-likeness (QED) is 0.600. The molecule has 1 aromatic rings. The highest BCUT2D eigenvalue weighted by molar-refractivity contribution is 5.13. The standard InChI is InChI=1S/C17H32N4/c1-5-14-10-15(21(4)20-14)11-16(19-18)17(12-13(2)3)8-6-7-9-17/h10,13,16,19H,5-9,11-12,18H2,1-4H3. The number of nitrogens with one attached hydrogen (secondary N) is 1. The van der Waals surface area contributed by atoms with Gasteiger partial charge in [0.05, 0.1) is 5.69 Å². The second kappa shape index (κ2) is 6.93. The summed E-state index contributed by atoms with van der Waals surface area (Å²) in [5.74, 6) is 6.69. The molecule has 0 saturated heterocycles. The van der Waals surface area contributed by atoms with E-state index in [0.717, 1.165) is 18.8 Å². The number of hydrazine groups is 1. The molecular weight excluding hydrogens is 260 g/mol. The van der Waals surface area contributed by atoms with Crippen LogP contribution < -0.4 is 11.3 Å². The van der Waals surface area contributed by atoms with E-state index in [2.05, 4.69) is 37.4 Å². The maximum atomic E-state index is 5.97. The van der Waals surface area contributed by atoms with Crippen molar-refractivity contribution >= 4 is 0 Å². The van der Waals surface area contributed by atoms with Crippen LogP contribution in [0.3, 0.4) is 0 Å². The fourth-order valence-corrected chi connectivity index (χ4v) is 4.18. The first-order valence-electron chi connectivity index (χ1n) is 8.48. The Morgan fingerprint density at radius 3 is 2.52 bits per heavy atom. The maximum Gasteiger partial charge on any atom is 0.0624 e. The van der Waals surface area contributed by atoms with Gasteiger partial charge in [-0.15, -0.1) is 0 Å². The highest BCUT2D eigenvalue weighted by Crippen LogP contribution is 2.46. The Labute approximate surface area is 129 Å². The average molecular weight is 292 g/mol. The summed E-state index contributed by atoms with van der Waals surface area (Å²) in [5, 5.41) is 4.57. The van der Waals surface area contributed by atoms with Gasteiger partial charge in [0.25, 0.3) is 0 Å². The van der Waals surface area contributed by atoms with Crippen molar-refractivity contribution in [3.63, 3.8) is 0 Å². The lowest BCUT2D eigenvalue weighted by Gasteiger charge is -2.39. The zero-order valence-corrected chi connectivity index (χ0v) is 14.2. The Balaban J connectivity index is 2.18. The van der Waals surface area contributed by atoms with Gasteiger partial charge in [0, 0.05) is 25.2 Å². The highest BCUT2D eigenvalue weighted by Gasteiger charge is 2.41. The summed E-state index contributed by atoms with van der Waals surface area (Å²) in [6.45, 7) is 6.81. The Bertz CT molecular complexity index is 444. The molecule has 1 aromatic heterocycles. The third-order valence-electron chi connectivity index (χ3n) is 5.16. The minimum atomic E-state index is 0.350. The molecule has 4 nitrogen and oxygen atoms in total. The molecule has 0 bridgehead atoms. The van der Waals surface area contributed by atoms with E-state index >= 15 is 0 Å². The van der Waals surface area contributed by atoms with Crippen molar-refractivity contribution in [2.24, 2.45) is 24.2 Å². The summed E-state index contributed by atoms with van der Waals surface area (Å²) in [6.07, 6.45) is 8.53. The van der Waals surface area contributed by atoms with Gasteiger partial charge in [0.2, 0.25) is 0 Å². The van der Waals surface area contributed by atoms with Crippen LogP contribution in [0.2, 0.25) is 0 Å². The van der Waals surface area contributed by atoms with Crippen LogP contribution in [0.1, 0.15) is 64.3 Å². The first-order chi connectivity index (χ1) is 10.0. The zero-order chi connectivity index (χ0) is 15.5. The fraction of sp³-hybridized carbons (Fsp3) is 0.824. The van der Waals surface area contributed by atoms with Crippen LogP contribution in [0.25, 0.3) is 0 Å². The van der Waals surface area contributed by atoms with Crippen LogP contribution >= 0.6 is 0 Å². The minimum absolute atomic E-state index is 0.350. The fourth-order valence-electron chi connectivity index (χ4n) is 4.18. The van der Waals surface area contributed by atoms with Crippen LogP contribution in [-0.2, 0) is 19.9 Å². The summed E-state index contributed by atoms with van der Waals surface area (Å²) < 4.78 is 2.03. The smallest absolute Gasteiger partial charge is 0.0624 e. The topological polar surface area (TPSA) is 55.9 Å². The van der Waals surface area contributed by atoms with Crippen LogP contribution in [-0.4, -0.2) is 15.8 Å². The van der Waals surface area contributed by atoms with Crippen molar-refractivity contribution in [2.45, 2.75) is 71.8 Å². The van der Waals surface area contributed by atoms with Crippen molar-refractivity contribution in [3.05, 3.63) is 17.5 Å². The van der Waals surface area contributed by atoms with E-state index in [1.54, 1.807) is 0 Å². The Morgan fingerprint density at radius 1 is 1.38 bits per heavy atom.